The number of nitrogens with zero attached hydrogens (tertiary/aromatic N) is 2. The number of benzene rings is 1. The number of hydrogen-bond acceptors (Lipinski definition) is 4. The fourth-order valence-corrected chi connectivity index (χ4v) is 3.21. The van der Waals surface area contributed by atoms with Crippen LogP contribution in [0.15, 0.2) is 18.2 Å². The number of amides is 1. The topological polar surface area (TPSA) is 42.0 Å². The van der Waals surface area contributed by atoms with Crippen molar-refractivity contribution in [2.75, 3.05) is 25.0 Å². The van der Waals surface area contributed by atoms with E-state index in [0.717, 1.165) is 29.8 Å². The summed E-state index contributed by atoms with van der Waals surface area (Å²) in [6, 6.07) is 6.16. The Morgan fingerprint density at radius 3 is 2.33 bits per heavy atom. The van der Waals surface area contributed by atoms with E-state index in [-0.39, 0.29) is 24.2 Å². The zero-order chi connectivity index (χ0) is 17.7. The number of fused-ring (bicyclic) bond motifs is 1. The minimum Gasteiger partial charge on any atom is -0.399 e. The molecule has 0 unspecified atom stereocenters. The van der Waals surface area contributed by atoms with Crippen LogP contribution in [0.25, 0.3) is 0 Å². The van der Waals surface area contributed by atoms with Crippen molar-refractivity contribution in [3.8, 4) is 0 Å². The Kier molecular flexibility index (Phi) is 4.27. The van der Waals surface area contributed by atoms with Crippen LogP contribution in [0.2, 0.25) is 0 Å². The molecule has 0 radical (unpaired) electrons. The van der Waals surface area contributed by atoms with Gasteiger partial charge in [0.1, 0.15) is 0 Å². The van der Waals surface area contributed by atoms with Gasteiger partial charge in [-0.25, -0.2) is 0 Å². The van der Waals surface area contributed by atoms with Gasteiger partial charge >= 0.3 is 7.12 Å². The summed E-state index contributed by atoms with van der Waals surface area (Å²) in [5, 5.41) is 0. The van der Waals surface area contributed by atoms with Crippen LogP contribution < -0.4 is 10.4 Å². The van der Waals surface area contributed by atoms with Crippen molar-refractivity contribution in [3.05, 3.63) is 23.8 Å². The van der Waals surface area contributed by atoms with Crippen LogP contribution in [0.5, 0.6) is 0 Å². The molecule has 0 N–H and O–H groups in total. The van der Waals surface area contributed by atoms with E-state index in [0.29, 0.717) is 6.54 Å². The molecule has 0 saturated carbocycles. The van der Waals surface area contributed by atoms with Crippen LogP contribution in [-0.2, 0) is 20.6 Å². The average Bonchev–Trinajstić information content (AvgIpc) is 2.60. The van der Waals surface area contributed by atoms with Gasteiger partial charge < -0.3 is 19.1 Å². The molecule has 0 aliphatic carbocycles. The minimum absolute atomic E-state index is 0.0786. The van der Waals surface area contributed by atoms with Crippen LogP contribution in [0, 0.1) is 0 Å². The quantitative estimate of drug-likeness (QED) is 0.736. The van der Waals surface area contributed by atoms with Gasteiger partial charge in [-0.2, -0.15) is 0 Å². The molecule has 0 aromatic heterocycles. The number of likely N-dealkylation sites (N-methyl/N-ethyl adjacent to an activating group) is 1. The first-order valence-corrected chi connectivity index (χ1v) is 8.56. The Bertz CT molecular complexity index is 644. The zero-order valence-corrected chi connectivity index (χ0v) is 15.5. The standard InChI is InChI=1S/C18H27BN2O3/c1-13(22)21-10-9-20(6)12-14-11-15(7-8-16(14)21)19-23-17(2,3)18(4,5)24-19/h7-8,11H,9-10,12H2,1-6H3. The van der Waals surface area contributed by atoms with E-state index in [2.05, 4.69) is 45.7 Å². The van der Waals surface area contributed by atoms with E-state index >= 15 is 0 Å². The van der Waals surface area contributed by atoms with E-state index in [1.165, 1.54) is 0 Å². The van der Waals surface area contributed by atoms with Crippen LogP contribution in [0.1, 0.15) is 40.2 Å². The Labute approximate surface area is 145 Å². The maximum atomic E-state index is 12.0. The lowest BCUT2D eigenvalue weighted by molar-refractivity contribution is -0.116. The lowest BCUT2D eigenvalue weighted by Crippen LogP contribution is -2.41. The van der Waals surface area contributed by atoms with E-state index < -0.39 is 0 Å². The van der Waals surface area contributed by atoms with Gasteiger partial charge in [0.2, 0.25) is 5.91 Å². The molecular formula is C18H27BN2O3. The summed E-state index contributed by atoms with van der Waals surface area (Å²) in [7, 11) is 1.70. The summed E-state index contributed by atoms with van der Waals surface area (Å²) < 4.78 is 12.3. The van der Waals surface area contributed by atoms with Crippen LogP contribution in [-0.4, -0.2) is 49.3 Å². The average molecular weight is 330 g/mol. The molecule has 0 bridgehead atoms. The zero-order valence-electron chi connectivity index (χ0n) is 15.5. The first kappa shape index (κ1) is 17.5. The molecule has 0 atom stereocenters. The molecule has 1 fully saturated rings. The van der Waals surface area contributed by atoms with E-state index in [1.54, 1.807) is 6.92 Å². The number of anilines is 1. The van der Waals surface area contributed by atoms with Gasteiger partial charge in [0.25, 0.3) is 0 Å². The Morgan fingerprint density at radius 2 is 1.75 bits per heavy atom. The molecule has 1 amide bonds. The predicted molar refractivity (Wildman–Crippen MR) is 96.5 cm³/mol. The summed E-state index contributed by atoms with van der Waals surface area (Å²) >= 11 is 0. The molecule has 2 heterocycles. The van der Waals surface area contributed by atoms with Gasteiger partial charge in [-0.3, -0.25) is 4.79 Å². The lowest BCUT2D eigenvalue weighted by atomic mass is 9.78. The number of hydrogen-bond donors (Lipinski definition) is 0. The van der Waals surface area contributed by atoms with Crippen LogP contribution >= 0.6 is 0 Å². The third-order valence-corrected chi connectivity index (χ3v) is 5.45. The second-order valence-electron chi connectivity index (χ2n) is 7.88. The molecule has 1 aromatic rings. The van der Waals surface area contributed by atoms with Crippen molar-refractivity contribution < 1.29 is 14.1 Å². The van der Waals surface area contributed by atoms with Gasteiger partial charge in [-0.1, -0.05) is 12.1 Å². The van der Waals surface area contributed by atoms with E-state index in [4.69, 9.17) is 9.31 Å². The number of carbonyl (C=O) groups excluding carboxylic acids is 1. The van der Waals surface area contributed by atoms with Crippen molar-refractivity contribution in [2.24, 2.45) is 0 Å². The minimum atomic E-state index is -0.375. The second-order valence-corrected chi connectivity index (χ2v) is 7.88. The Hall–Kier alpha value is -1.37. The molecule has 3 rings (SSSR count). The molecule has 2 aliphatic rings. The van der Waals surface area contributed by atoms with Crippen molar-refractivity contribution in [3.63, 3.8) is 0 Å². The molecular weight excluding hydrogens is 303 g/mol. The van der Waals surface area contributed by atoms with Gasteiger partial charge in [0, 0.05) is 32.2 Å². The fourth-order valence-electron chi connectivity index (χ4n) is 3.21. The predicted octanol–water partition coefficient (Wildman–Crippen LogP) is 1.78. The molecule has 5 nitrogen and oxygen atoms in total. The lowest BCUT2D eigenvalue weighted by Gasteiger charge is -2.32. The Morgan fingerprint density at radius 1 is 1.12 bits per heavy atom. The largest absolute Gasteiger partial charge is 0.494 e. The van der Waals surface area contributed by atoms with Crippen molar-refractivity contribution in [2.45, 2.75) is 52.4 Å². The number of rotatable bonds is 1. The van der Waals surface area contributed by atoms with Gasteiger partial charge in [0.05, 0.1) is 11.2 Å². The molecule has 6 heteroatoms. The molecule has 130 valence electrons. The van der Waals surface area contributed by atoms with Crippen LogP contribution in [0.3, 0.4) is 0 Å². The summed E-state index contributed by atoms with van der Waals surface area (Å²) in [5.41, 5.74) is 2.43. The van der Waals surface area contributed by atoms with Crippen molar-refractivity contribution >= 4 is 24.2 Å². The smallest absolute Gasteiger partial charge is 0.399 e. The highest BCUT2D eigenvalue weighted by atomic mass is 16.7. The monoisotopic (exact) mass is 330 g/mol. The van der Waals surface area contributed by atoms with Crippen LogP contribution in [0.4, 0.5) is 5.69 Å². The van der Waals surface area contributed by atoms with E-state index in [9.17, 15) is 4.79 Å². The number of carbonyl (C=O) groups is 1. The van der Waals surface area contributed by atoms with Gasteiger partial charge in [-0.05, 0) is 51.8 Å². The molecule has 1 aromatic carbocycles. The van der Waals surface area contributed by atoms with Crippen molar-refractivity contribution in [1.82, 2.24) is 4.90 Å². The first-order chi connectivity index (χ1) is 11.1. The third-order valence-electron chi connectivity index (χ3n) is 5.45. The van der Waals surface area contributed by atoms with Gasteiger partial charge in [-0.15, -0.1) is 0 Å². The highest BCUT2D eigenvalue weighted by molar-refractivity contribution is 6.62. The fraction of sp³-hybridized carbons (Fsp3) is 0.611. The molecule has 1 saturated heterocycles. The third kappa shape index (κ3) is 2.98. The highest BCUT2D eigenvalue weighted by Gasteiger charge is 2.51. The summed E-state index contributed by atoms with van der Waals surface area (Å²) in [6.45, 7) is 12.2. The van der Waals surface area contributed by atoms with E-state index in [1.807, 2.05) is 17.0 Å². The normalized spacial score (nSPS) is 23.1. The SMILES string of the molecule is CC(=O)N1CCN(C)Cc2cc(B3OC(C)(C)C(C)(C)O3)ccc21. The first-order valence-electron chi connectivity index (χ1n) is 8.56. The van der Waals surface area contributed by atoms with Crippen molar-refractivity contribution in [1.29, 1.82) is 0 Å². The molecule has 0 spiro atoms. The summed E-state index contributed by atoms with van der Waals surface area (Å²) in [4.78, 5) is 16.1. The second kappa shape index (κ2) is 5.86. The highest BCUT2D eigenvalue weighted by Crippen LogP contribution is 2.37. The molecule has 24 heavy (non-hydrogen) atoms. The van der Waals surface area contributed by atoms with Gasteiger partial charge in [0.15, 0.2) is 0 Å². The maximum absolute atomic E-state index is 12.0. The molecule has 2 aliphatic heterocycles. The maximum Gasteiger partial charge on any atom is 0.494 e. The summed E-state index contributed by atoms with van der Waals surface area (Å²) in [6.07, 6.45) is 0. The summed E-state index contributed by atoms with van der Waals surface area (Å²) in [5.74, 6) is 0.0786. The Balaban J connectivity index is 1.95.